The Morgan fingerprint density at radius 1 is 0.909 bits per heavy atom. The highest BCUT2D eigenvalue weighted by Gasteiger charge is 2.21. The van der Waals surface area contributed by atoms with E-state index >= 15 is 0 Å². The van der Waals surface area contributed by atoms with Gasteiger partial charge in [-0.2, -0.15) is 0 Å². The number of hydrogen-bond donors (Lipinski definition) is 2. The zero-order chi connectivity index (χ0) is 14.7. The van der Waals surface area contributed by atoms with Crippen molar-refractivity contribution >= 4 is 23.2 Å². The first-order valence-electron chi connectivity index (χ1n) is 7.06. The summed E-state index contributed by atoms with van der Waals surface area (Å²) in [5, 5.41) is 13.0. The SMILES string of the molecule is Cl.NCC(c1ccc2ccccc2c1)C(O)c1ccncc1. The summed E-state index contributed by atoms with van der Waals surface area (Å²) in [6.07, 6.45) is 2.75. The van der Waals surface area contributed by atoms with Gasteiger partial charge in [-0.15, -0.1) is 12.4 Å². The van der Waals surface area contributed by atoms with Crippen LogP contribution in [0.3, 0.4) is 0 Å². The molecule has 0 radical (unpaired) electrons. The zero-order valence-electron chi connectivity index (χ0n) is 12.1. The molecule has 114 valence electrons. The van der Waals surface area contributed by atoms with E-state index in [1.165, 1.54) is 5.39 Å². The minimum atomic E-state index is -0.626. The molecule has 0 saturated heterocycles. The van der Waals surface area contributed by atoms with Crippen LogP contribution >= 0.6 is 12.4 Å². The van der Waals surface area contributed by atoms with E-state index in [0.29, 0.717) is 6.54 Å². The number of halogens is 1. The quantitative estimate of drug-likeness (QED) is 0.775. The number of benzene rings is 2. The Kier molecular flexibility index (Phi) is 5.50. The maximum absolute atomic E-state index is 10.6. The summed E-state index contributed by atoms with van der Waals surface area (Å²) in [7, 11) is 0. The molecule has 0 amide bonds. The van der Waals surface area contributed by atoms with Crippen molar-refractivity contribution in [2.75, 3.05) is 6.54 Å². The normalized spacial score (nSPS) is 13.4. The molecule has 1 aromatic heterocycles. The Morgan fingerprint density at radius 3 is 2.27 bits per heavy atom. The summed E-state index contributed by atoms with van der Waals surface area (Å²) in [5.74, 6) is -0.128. The number of aliphatic hydroxyl groups excluding tert-OH is 1. The molecule has 0 spiro atoms. The molecule has 3 nitrogen and oxygen atoms in total. The number of fused-ring (bicyclic) bond motifs is 1. The van der Waals surface area contributed by atoms with Gasteiger partial charge in [-0.3, -0.25) is 4.98 Å². The van der Waals surface area contributed by atoms with E-state index in [1.807, 2.05) is 30.3 Å². The molecule has 0 aliphatic carbocycles. The first-order chi connectivity index (χ1) is 10.3. The molecule has 0 saturated carbocycles. The number of aliphatic hydroxyl groups is 1. The van der Waals surface area contributed by atoms with Crippen LogP contribution in [0, 0.1) is 0 Å². The number of nitrogens with two attached hydrogens (primary N) is 1. The fourth-order valence-corrected chi connectivity index (χ4v) is 2.68. The van der Waals surface area contributed by atoms with Crippen molar-refractivity contribution in [1.82, 2.24) is 4.98 Å². The largest absolute Gasteiger partial charge is 0.388 e. The summed E-state index contributed by atoms with van der Waals surface area (Å²) in [4.78, 5) is 3.98. The van der Waals surface area contributed by atoms with Crippen molar-refractivity contribution in [3.05, 3.63) is 78.1 Å². The van der Waals surface area contributed by atoms with Crippen LogP contribution in [-0.4, -0.2) is 16.6 Å². The molecular formula is C18H19ClN2O. The Hall–Kier alpha value is -1.94. The third-order valence-corrected chi connectivity index (χ3v) is 3.88. The van der Waals surface area contributed by atoms with Crippen LogP contribution in [0.1, 0.15) is 23.1 Å². The number of aromatic nitrogens is 1. The van der Waals surface area contributed by atoms with Gasteiger partial charge < -0.3 is 10.8 Å². The van der Waals surface area contributed by atoms with Crippen molar-refractivity contribution in [3.8, 4) is 0 Å². The molecule has 0 aliphatic rings. The monoisotopic (exact) mass is 314 g/mol. The van der Waals surface area contributed by atoms with Crippen molar-refractivity contribution in [3.63, 3.8) is 0 Å². The Balaban J connectivity index is 0.00000176. The molecule has 3 rings (SSSR count). The van der Waals surface area contributed by atoms with Gasteiger partial charge in [0.15, 0.2) is 0 Å². The van der Waals surface area contributed by atoms with Crippen LogP contribution in [0.5, 0.6) is 0 Å². The third-order valence-electron chi connectivity index (χ3n) is 3.88. The predicted octanol–water partition coefficient (Wildman–Crippen LogP) is 3.43. The minimum absolute atomic E-state index is 0. The lowest BCUT2D eigenvalue weighted by atomic mass is 9.88. The first-order valence-corrected chi connectivity index (χ1v) is 7.06. The maximum Gasteiger partial charge on any atom is 0.0871 e. The number of rotatable bonds is 4. The molecule has 0 fully saturated rings. The number of nitrogens with zero attached hydrogens (tertiary/aromatic N) is 1. The van der Waals surface area contributed by atoms with Crippen LogP contribution in [0.4, 0.5) is 0 Å². The van der Waals surface area contributed by atoms with Gasteiger partial charge in [0.25, 0.3) is 0 Å². The molecule has 0 bridgehead atoms. The molecular weight excluding hydrogens is 296 g/mol. The molecule has 0 aliphatic heterocycles. The van der Waals surface area contributed by atoms with Gasteiger partial charge in [-0.1, -0.05) is 42.5 Å². The summed E-state index contributed by atoms with van der Waals surface area (Å²) in [6, 6.07) is 18.1. The van der Waals surface area contributed by atoms with Gasteiger partial charge in [-0.05, 0) is 34.0 Å². The van der Waals surface area contributed by atoms with Crippen molar-refractivity contribution in [1.29, 1.82) is 0 Å². The fraction of sp³-hybridized carbons (Fsp3) is 0.167. The number of pyridine rings is 1. The Labute approximate surface area is 136 Å². The van der Waals surface area contributed by atoms with Crippen molar-refractivity contribution < 1.29 is 5.11 Å². The van der Waals surface area contributed by atoms with E-state index in [0.717, 1.165) is 16.5 Å². The smallest absolute Gasteiger partial charge is 0.0871 e. The van der Waals surface area contributed by atoms with Crippen LogP contribution in [-0.2, 0) is 0 Å². The highest BCUT2D eigenvalue weighted by Crippen LogP contribution is 2.31. The second-order valence-corrected chi connectivity index (χ2v) is 5.17. The molecule has 1 heterocycles. The molecule has 22 heavy (non-hydrogen) atoms. The summed E-state index contributed by atoms with van der Waals surface area (Å²) >= 11 is 0. The Morgan fingerprint density at radius 2 is 1.59 bits per heavy atom. The highest BCUT2D eigenvalue weighted by atomic mass is 35.5. The van der Waals surface area contributed by atoms with Gasteiger partial charge in [0.2, 0.25) is 0 Å². The summed E-state index contributed by atoms with van der Waals surface area (Å²) < 4.78 is 0. The van der Waals surface area contributed by atoms with Crippen molar-refractivity contribution in [2.45, 2.75) is 12.0 Å². The molecule has 2 atom stereocenters. The Bertz CT molecular complexity index is 733. The standard InChI is InChI=1S/C18H18N2O.ClH/c19-12-17(18(21)14-7-9-20-10-8-14)16-6-5-13-3-1-2-4-15(13)11-16;/h1-11,17-18,21H,12,19H2;1H. The summed E-state index contributed by atoms with van der Waals surface area (Å²) in [6.45, 7) is 0.391. The predicted molar refractivity (Wildman–Crippen MR) is 92.2 cm³/mol. The average Bonchev–Trinajstić information content (AvgIpc) is 2.56. The lowest BCUT2D eigenvalue weighted by molar-refractivity contribution is 0.147. The van der Waals surface area contributed by atoms with E-state index in [4.69, 9.17) is 5.73 Å². The number of hydrogen-bond acceptors (Lipinski definition) is 3. The van der Waals surface area contributed by atoms with Gasteiger partial charge in [0, 0.05) is 24.9 Å². The first kappa shape index (κ1) is 16.4. The van der Waals surface area contributed by atoms with E-state index < -0.39 is 6.10 Å². The van der Waals surface area contributed by atoms with Gasteiger partial charge in [0.05, 0.1) is 6.10 Å². The second-order valence-electron chi connectivity index (χ2n) is 5.17. The topological polar surface area (TPSA) is 59.1 Å². The molecule has 2 aromatic carbocycles. The van der Waals surface area contributed by atoms with Crippen molar-refractivity contribution in [2.24, 2.45) is 5.73 Å². The maximum atomic E-state index is 10.6. The summed E-state index contributed by atoms with van der Waals surface area (Å²) in [5.41, 5.74) is 7.81. The van der Waals surface area contributed by atoms with E-state index in [9.17, 15) is 5.11 Å². The fourth-order valence-electron chi connectivity index (χ4n) is 2.68. The molecule has 2 unspecified atom stereocenters. The van der Waals surface area contributed by atoms with Crippen LogP contribution in [0.2, 0.25) is 0 Å². The van der Waals surface area contributed by atoms with Gasteiger partial charge in [0.1, 0.15) is 0 Å². The molecule has 4 heteroatoms. The second kappa shape index (κ2) is 7.36. The lowest BCUT2D eigenvalue weighted by Crippen LogP contribution is -2.20. The average molecular weight is 315 g/mol. The molecule has 3 N–H and O–H groups in total. The van der Waals surface area contributed by atoms with Gasteiger partial charge in [-0.25, -0.2) is 0 Å². The van der Waals surface area contributed by atoms with E-state index in [2.05, 4.69) is 29.2 Å². The van der Waals surface area contributed by atoms with Crippen LogP contribution in [0.25, 0.3) is 10.8 Å². The zero-order valence-corrected chi connectivity index (χ0v) is 12.9. The minimum Gasteiger partial charge on any atom is -0.388 e. The van der Waals surface area contributed by atoms with Crippen LogP contribution in [0.15, 0.2) is 67.0 Å². The third kappa shape index (κ3) is 3.28. The van der Waals surface area contributed by atoms with Gasteiger partial charge >= 0.3 is 0 Å². The molecule has 3 aromatic rings. The highest BCUT2D eigenvalue weighted by molar-refractivity contribution is 5.85. The lowest BCUT2D eigenvalue weighted by Gasteiger charge is -2.22. The van der Waals surface area contributed by atoms with E-state index in [-0.39, 0.29) is 18.3 Å². The van der Waals surface area contributed by atoms with E-state index in [1.54, 1.807) is 12.4 Å². The van der Waals surface area contributed by atoms with Crippen LogP contribution < -0.4 is 5.73 Å².